The molecule has 31 heavy (non-hydrogen) atoms. The molecule has 0 unspecified atom stereocenters. The van der Waals surface area contributed by atoms with Gasteiger partial charge in [0.2, 0.25) is 11.1 Å². The summed E-state index contributed by atoms with van der Waals surface area (Å²) in [7, 11) is 5.08. The number of fused-ring (bicyclic) bond motifs is 3. The zero-order chi connectivity index (χ0) is 22.0. The molecule has 2 heterocycles. The number of rotatable bonds is 7. The summed E-state index contributed by atoms with van der Waals surface area (Å²) in [6, 6.07) is 11.5. The lowest BCUT2D eigenvalue weighted by Crippen LogP contribution is -2.15. The van der Waals surface area contributed by atoms with E-state index in [-0.39, 0.29) is 11.7 Å². The SMILES string of the molecule is CCc1ccc2c(c1)c1nnc(SCC(=O)Nc3ccc(OC)cc3OC)nc1n2C. The van der Waals surface area contributed by atoms with Gasteiger partial charge in [0.15, 0.2) is 5.65 Å². The molecule has 160 valence electrons. The molecule has 0 aliphatic rings. The largest absolute Gasteiger partial charge is 0.497 e. The summed E-state index contributed by atoms with van der Waals surface area (Å²) in [6.07, 6.45) is 0.954. The molecule has 2 aromatic carbocycles. The molecule has 1 amide bonds. The summed E-state index contributed by atoms with van der Waals surface area (Å²) in [5.41, 5.74) is 4.39. The third-order valence-electron chi connectivity index (χ3n) is 5.07. The number of anilines is 1. The molecule has 9 heteroatoms. The highest BCUT2D eigenvalue weighted by molar-refractivity contribution is 7.99. The number of hydrogen-bond donors (Lipinski definition) is 1. The number of thioether (sulfide) groups is 1. The zero-order valence-corrected chi connectivity index (χ0v) is 18.6. The normalized spacial score (nSPS) is 11.1. The molecular weight excluding hydrogens is 414 g/mol. The smallest absolute Gasteiger partial charge is 0.234 e. The highest BCUT2D eigenvalue weighted by Gasteiger charge is 2.15. The van der Waals surface area contributed by atoms with E-state index in [1.165, 1.54) is 17.3 Å². The van der Waals surface area contributed by atoms with Crippen molar-refractivity contribution in [1.29, 1.82) is 0 Å². The van der Waals surface area contributed by atoms with E-state index in [4.69, 9.17) is 9.47 Å². The molecule has 0 bridgehead atoms. The van der Waals surface area contributed by atoms with Crippen molar-refractivity contribution in [1.82, 2.24) is 19.7 Å². The van der Waals surface area contributed by atoms with Crippen LogP contribution in [0, 0.1) is 0 Å². The van der Waals surface area contributed by atoms with Crippen LogP contribution in [-0.2, 0) is 18.3 Å². The number of aryl methyl sites for hydroxylation is 2. The molecule has 1 N–H and O–H groups in total. The molecule has 0 radical (unpaired) electrons. The van der Waals surface area contributed by atoms with Crippen LogP contribution >= 0.6 is 11.8 Å². The highest BCUT2D eigenvalue weighted by Crippen LogP contribution is 2.30. The Balaban J connectivity index is 1.51. The predicted molar refractivity (Wildman–Crippen MR) is 122 cm³/mol. The fourth-order valence-electron chi connectivity index (χ4n) is 3.39. The summed E-state index contributed by atoms with van der Waals surface area (Å²) < 4.78 is 12.5. The van der Waals surface area contributed by atoms with Crippen molar-refractivity contribution in [3.05, 3.63) is 42.0 Å². The summed E-state index contributed by atoms with van der Waals surface area (Å²) in [4.78, 5) is 17.1. The first-order chi connectivity index (χ1) is 15.0. The molecule has 0 aliphatic carbocycles. The molecule has 0 saturated carbocycles. The van der Waals surface area contributed by atoms with Crippen molar-refractivity contribution in [2.45, 2.75) is 18.5 Å². The summed E-state index contributed by atoms with van der Waals surface area (Å²) >= 11 is 1.23. The number of ether oxygens (including phenoxy) is 2. The van der Waals surface area contributed by atoms with Crippen LogP contribution < -0.4 is 14.8 Å². The Morgan fingerprint density at radius 1 is 1.13 bits per heavy atom. The fraction of sp³-hybridized carbons (Fsp3) is 0.273. The average Bonchev–Trinajstić information content (AvgIpc) is 3.08. The Kier molecular flexibility index (Phi) is 5.94. The molecular formula is C22H23N5O3S. The molecule has 4 rings (SSSR count). The van der Waals surface area contributed by atoms with Gasteiger partial charge in [-0.1, -0.05) is 24.8 Å². The second-order valence-corrected chi connectivity index (χ2v) is 7.88. The van der Waals surface area contributed by atoms with Gasteiger partial charge in [0.05, 0.1) is 31.2 Å². The maximum Gasteiger partial charge on any atom is 0.234 e. The van der Waals surface area contributed by atoms with Gasteiger partial charge >= 0.3 is 0 Å². The number of nitrogens with one attached hydrogen (secondary N) is 1. The van der Waals surface area contributed by atoms with Crippen molar-refractivity contribution < 1.29 is 14.3 Å². The van der Waals surface area contributed by atoms with E-state index in [1.807, 2.05) is 11.6 Å². The van der Waals surface area contributed by atoms with Gasteiger partial charge in [-0.2, -0.15) is 0 Å². The second-order valence-electron chi connectivity index (χ2n) is 6.93. The van der Waals surface area contributed by atoms with Crippen LogP contribution in [-0.4, -0.2) is 45.6 Å². The van der Waals surface area contributed by atoms with Crippen LogP contribution in [0.4, 0.5) is 5.69 Å². The van der Waals surface area contributed by atoms with E-state index in [1.54, 1.807) is 32.4 Å². The van der Waals surface area contributed by atoms with Crippen LogP contribution in [0.25, 0.3) is 22.1 Å². The Hall–Kier alpha value is -3.33. The number of amides is 1. The van der Waals surface area contributed by atoms with Crippen molar-refractivity contribution in [3.8, 4) is 11.5 Å². The maximum absolute atomic E-state index is 12.5. The summed E-state index contributed by atoms with van der Waals surface area (Å²) in [5, 5.41) is 13.0. The zero-order valence-electron chi connectivity index (χ0n) is 17.8. The monoisotopic (exact) mass is 437 g/mol. The van der Waals surface area contributed by atoms with E-state index >= 15 is 0 Å². The Morgan fingerprint density at radius 3 is 2.71 bits per heavy atom. The maximum atomic E-state index is 12.5. The minimum atomic E-state index is -0.193. The van der Waals surface area contributed by atoms with Crippen molar-refractivity contribution in [2.24, 2.45) is 7.05 Å². The second kappa shape index (κ2) is 8.81. The quantitative estimate of drug-likeness (QED) is 0.439. The number of aromatic nitrogens is 4. The Labute approximate surface area is 184 Å². The molecule has 4 aromatic rings. The lowest BCUT2D eigenvalue weighted by Gasteiger charge is -2.11. The van der Waals surface area contributed by atoms with E-state index in [9.17, 15) is 4.79 Å². The van der Waals surface area contributed by atoms with Crippen LogP contribution in [0.3, 0.4) is 0 Å². The minimum Gasteiger partial charge on any atom is -0.497 e. The molecule has 0 saturated heterocycles. The molecule has 0 atom stereocenters. The topological polar surface area (TPSA) is 91.2 Å². The van der Waals surface area contributed by atoms with Crippen molar-refractivity contribution >= 4 is 45.4 Å². The molecule has 8 nitrogen and oxygen atoms in total. The minimum absolute atomic E-state index is 0.145. The number of carbonyl (C=O) groups is 1. The lowest BCUT2D eigenvalue weighted by molar-refractivity contribution is -0.113. The van der Waals surface area contributed by atoms with Gasteiger partial charge < -0.3 is 19.4 Å². The van der Waals surface area contributed by atoms with Crippen molar-refractivity contribution in [2.75, 3.05) is 25.3 Å². The Morgan fingerprint density at radius 2 is 1.97 bits per heavy atom. The molecule has 0 fully saturated rings. The predicted octanol–water partition coefficient (Wildman–Crippen LogP) is 3.83. The molecule has 0 spiro atoms. The van der Waals surface area contributed by atoms with Gasteiger partial charge in [0.25, 0.3) is 0 Å². The number of benzene rings is 2. The van der Waals surface area contributed by atoms with Crippen molar-refractivity contribution in [3.63, 3.8) is 0 Å². The standard InChI is InChI=1S/C22H23N5O3S/c1-5-13-6-9-17-15(10-13)20-21(27(17)2)24-22(26-25-20)31-12-19(28)23-16-8-7-14(29-3)11-18(16)30-4/h6-11H,5,12H2,1-4H3,(H,23,28). The first kappa shape index (κ1) is 20.9. The molecule has 0 aliphatic heterocycles. The fourth-order valence-corrected chi connectivity index (χ4v) is 3.97. The summed E-state index contributed by atoms with van der Waals surface area (Å²) in [5.74, 6) is 1.13. The Bertz CT molecular complexity index is 1270. The van der Waals surface area contributed by atoms with E-state index in [2.05, 4.69) is 45.6 Å². The average molecular weight is 438 g/mol. The third kappa shape index (κ3) is 4.13. The first-order valence-corrected chi connectivity index (χ1v) is 10.8. The van der Waals surface area contributed by atoms with Gasteiger partial charge in [0.1, 0.15) is 17.0 Å². The van der Waals surface area contributed by atoms with Crippen LogP contribution in [0.1, 0.15) is 12.5 Å². The van der Waals surface area contributed by atoms with Gasteiger partial charge in [-0.3, -0.25) is 4.79 Å². The van der Waals surface area contributed by atoms with Crippen LogP contribution in [0.5, 0.6) is 11.5 Å². The van der Waals surface area contributed by atoms with Crippen LogP contribution in [0.2, 0.25) is 0 Å². The van der Waals surface area contributed by atoms with E-state index in [0.29, 0.717) is 22.3 Å². The number of nitrogens with zero attached hydrogens (tertiary/aromatic N) is 4. The van der Waals surface area contributed by atoms with Gasteiger partial charge in [-0.25, -0.2) is 4.98 Å². The number of hydrogen-bond acceptors (Lipinski definition) is 7. The van der Waals surface area contributed by atoms with Gasteiger partial charge in [-0.15, -0.1) is 10.2 Å². The first-order valence-electron chi connectivity index (χ1n) is 9.80. The number of methoxy groups -OCH3 is 2. The van der Waals surface area contributed by atoms with Crippen LogP contribution in [0.15, 0.2) is 41.6 Å². The summed E-state index contributed by atoms with van der Waals surface area (Å²) in [6.45, 7) is 2.12. The van der Waals surface area contributed by atoms with Gasteiger partial charge in [0, 0.05) is 18.5 Å². The lowest BCUT2D eigenvalue weighted by atomic mass is 10.1. The number of carbonyl (C=O) groups excluding carboxylic acids is 1. The molecule has 2 aromatic heterocycles. The van der Waals surface area contributed by atoms with E-state index in [0.717, 1.165) is 28.5 Å². The third-order valence-corrected chi connectivity index (χ3v) is 5.91. The van der Waals surface area contributed by atoms with Gasteiger partial charge in [-0.05, 0) is 36.2 Å². The van der Waals surface area contributed by atoms with E-state index < -0.39 is 0 Å². The highest BCUT2D eigenvalue weighted by atomic mass is 32.2.